The molecule has 33 heavy (non-hydrogen) atoms. The third kappa shape index (κ3) is 4.07. The predicted molar refractivity (Wildman–Crippen MR) is 133 cm³/mol. The highest BCUT2D eigenvalue weighted by molar-refractivity contribution is 7.19. The Labute approximate surface area is 197 Å². The van der Waals surface area contributed by atoms with Gasteiger partial charge in [-0.2, -0.15) is 0 Å². The zero-order valence-corrected chi connectivity index (χ0v) is 19.4. The molecule has 1 saturated heterocycles. The van der Waals surface area contributed by atoms with Crippen LogP contribution in [0, 0.1) is 0 Å². The first-order valence-corrected chi connectivity index (χ1v) is 12.5. The Kier molecular flexibility index (Phi) is 5.44. The molecule has 6 rings (SSSR count). The van der Waals surface area contributed by atoms with E-state index in [9.17, 15) is 5.11 Å². The van der Waals surface area contributed by atoms with E-state index in [1.807, 2.05) is 48.0 Å². The number of hydrogen-bond acceptors (Lipinski definition) is 7. The van der Waals surface area contributed by atoms with Crippen LogP contribution >= 0.6 is 11.3 Å². The maximum absolute atomic E-state index is 9.79. The second-order valence-corrected chi connectivity index (χ2v) is 10.0. The van der Waals surface area contributed by atoms with Crippen molar-refractivity contribution in [3.63, 3.8) is 0 Å². The number of fused-ring (bicyclic) bond motifs is 3. The molecule has 0 unspecified atom stereocenters. The van der Waals surface area contributed by atoms with Crippen molar-refractivity contribution in [3.05, 3.63) is 64.8 Å². The molecule has 168 valence electrons. The van der Waals surface area contributed by atoms with Gasteiger partial charge in [-0.25, -0.2) is 9.97 Å². The molecule has 0 bridgehead atoms. The zero-order chi connectivity index (χ0) is 22.2. The lowest BCUT2D eigenvalue weighted by Crippen LogP contribution is -2.46. The van der Waals surface area contributed by atoms with E-state index in [4.69, 9.17) is 9.97 Å². The summed E-state index contributed by atoms with van der Waals surface area (Å²) in [7, 11) is 0. The normalized spacial score (nSPS) is 16.8. The molecule has 3 aromatic heterocycles. The molecule has 4 heterocycles. The number of phenols is 1. The molecule has 1 aromatic carbocycles. The molecule has 4 aromatic rings. The summed E-state index contributed by atoms with van der Waals surface area (Å²) in [5.41, 5.74) is 3.65. The summed E-state index contributed by atoms with van der Waals surface area (Å²) in [4.78, 5) is 21.8. The fraction of sp³-hybridized carbons (Fsp3) is 0.346. The number of rotatable bonds is 4. The van der Waals surface area contributed by atoms with Gasteiger partial charge in [0.2, 0.25) is 0 Å². The number of piperazine rings is 1. The number of phenolic OH excluding ortho intramolecular Hbond substituents is 1. The molecule has 0 atom stereocenters. The van der Waals surface area contributed by atoms with E-state index in [1.54, 1.807) is 6.07 Å². The summed E-state index contributed by atoms with van der Waals surface area (Å²) >= 11 is 1.86. The fourth-order valence-corrected chi connectivity index (χ4v) is 6.28. The van der Waals surface area contributed by atoms with Crippen LogP contribution in [-0.4, -0.2) is 51.1 Å². The van der Waals surface area contributed by atoms with Gasteiger partial charge in [0.1, 0.15) is 16.4 Å². The van der Waals surface area contributed by atoms with Gasteiger partial charge < -0.3 is 10.0 Å². The van der Waals surface area contributed by atoms with Crippen molar-refractivity contribution in [3.8, 4) is 17.1 Å². The lowest BCUT2D eigenvalue weighted by atomic mass is 9.96. The van der Waals surface area contributed by atoms with Gasteiger partial charge in [-0.15, -0.1) is 11.3 Å². The van der Waals surface area contributed by atoms with Crippen LogP contribution in [0.3, 0.4) is 0 Å². The number of aryl methyl sites for hydroxylation is 2. The van der Waals surface area contributed by atoms with E-state index in [-0.39, 0.29) is 0 Å². The average molecular weight is 458 g/mol. The number of hydrogen-bond donors (Lipinski definition) is 1. The van der Waals surface area contributed by atoms with E-state index in [0.717, 1.165) is 73.2 Å². The molecular weight excluding hydrogens is 430 g/mol. The van der Waals surface area contributed by atoms with Crippen LogP contribution in [0.4, 0.5) is 5.82 Å². The Balaban J connectivity index is 1.32. The molecule has 1 aliphatic carbocycles. The molecule has 6 nitrogen and oxygen atoms in total. The van der Waals surface area contributed by atoms with Crippen molar-refractivity contribution in [1.82, 2.24) is 19.9 Å². The monoisotopic (exact) mass is 457 g/mol. The van der Waals surface area contributed by atoms with Crippen molar-refractivity contribution in [2.24, 2.45) is 0 Å². The van der Waals surface area contributed by atoms with Crippen molar-refractivity contribution < 1.29 is 5.11 Å². The van der Waals surface area contributed by atoms with Crippen molar-refractivity contribution in [2.75, 3.05) is 31.1 Å². The SMILES string of the molecule is Oc1cccc(CN2CCN(c3nc(-c4ccncc4)nc4sc5c(c34)CCCC5)CC2)c1. The lowest BCUT2D eigenvalue weighted by molar-refractivity contribution is 0.249. The second kappa shape index (κ2) is 8.72. The van der Waals surface area contributed by atoms with E-state index in [2.05, 4.69) is 20.9 Å². The predicted octanol–water partition coefficient (Wildman–Crippen LogP) is 4.66. The third-order valence-electron chi connectivity index (χ3n) is 6.72. The molecule has 0 saturated carbocycles. The Morgan fingerprint density at radius 3 is 2.58 bits per heavy atom. The molecule has 7 heteroatoms. The minimum Gasteiger partial charge on any atom is -0.508 e. The number of anilines is 1. The van der Waals surface area contributed by atoms with Crippen LogP contribution in [0.25, 0.3) is 21.6 Å². The first-order valence-electron chi connectivity index (χ1n) is 11.7. The van der Waals surface area contributed by atoms with Gasteiger partial charge in [0.25, 0.3) is 0 Å². The Hall–Kier alpha value is -3.03. The summed E-state index contributed by atoms with van der Waals surface area (Å²) in [5.74, 6) is 2.23. The number of aromatic nitrogens is 3. The quantitative estimate of drug-likeness (QED) is 0.481. The first-order chi connectivity index (χ1) is 16.2. The molecular formula is C26H27N5OS. The standard InChI is InChI=1S/C26H27N5OS/c32-20-5-3-4-18(16-20)17-30-12-14-31(15-13-30)25-23-21-6-1-2-7-22(21)33-26(23)29-24(28-25)19-8-10-27-11-9-19/h3-5,8-11,16,32H,1-2,6-7,12-15,17H2. The Morgan fingerprint density at radius 2 is 1.76 bits per heavy atom. The number of pyridine rings is 1. The van der Waals surface area contributed by atoms with Crippen molar-refractivity contribution in [2.45, 2.75) is 32.2 Å². The van der Waals surface area contributed by atoms with Gasteiger partial charge in [-0.1, -0.05) is 12.1 Å². The molecule has 2 aliphatic rings. The largest absolute Gasteiger partial charge is 0.508 e. The fourth-order valence-electron chi connectivity index (χ4n) is 5.03. The maximum Gasteiger partial charge on any atom is 0.163 e. The molecule has 0 radical (unpaired) electrons. The molecule has 1 fully saturated rings. The first kappa shape index (κ1) is 20.6. The molecule has 1 N–H and O–H groups in total. The number of benzene rings is 1. The molecule has 1 aliphatic heterocycles. The number of nitrogens with zero attached hydrogens (tertiary/aromatic N) is 5. The highest BCUT2D eigenvalue weighted by Crippen LogP contribution is 2.41. The number of thiophene rings is 1. The molecule has 0 amide bonds. The zero-order valence-electron chi connectivity index (χ0n) is 18.6. The van der Waals surface area contributed by atoms with Gasteiger partial charge in [0.15, 0.2) is 5.82 Å². The minimum atomic E-state index is 0.334. The second-order valence-electron chi connectivity index (χ2n) is 8.93. The van der Waals surface area contributed by atoms with Crippen LogP contribution in [0.15, 0.2) is 48.8 Å². The number of aromatic hydroxyl groups is 1. The average Bonchev–Trinajstić information content (AvgIpc) is 3.23. The summed E-state index contributed by atoms with van der Waals surface area (Å²) in [6.45, 7) is 4.67. The van der Waals surface area contributed by atoms with E-state index < -0.39 is 0 Å². The Bertz CT molecular complexity index is 1280. The van der Waals surface area contributed by atoms with E-state index >= 15 is 0 Å². The maximum atomic E-state index is 9.79. The van der Waals surface area contributed by atoms with Crippen LogP contribution in [0.1, 0.15) is 28.8 Å². The molecule has 0 spiro atoms. The lowest BCUT2D eigenvalue weighted by Gasteiger charge is -2.36. The highest BCUT2D eigenvalue weighted by Gasteiger charge is 2.26. The smallest absolute Gasteiger partial charge is 0.163 e. The van der Waals surface area contributed by atoms with Crippen molar-refractivity contribution >= 4 is 27.4 Å². The third-order valence-corrected chi connectivity index (χ3v) is 7.91. The topological polar surface area (TPSA) is 65.4 Å². The van der Waals surface area contributed by atoms with Gasteiger partial charge in [-0.05, 0) is 61.1 Å². The Morgan fingerprint density at radius 1 is 0.939 bits per heavy atom. The summed E-state index contributed by atoms with van der Waals surface area (Å²) in [6.07, 6.45) is 8.44. The van der Waals surface area contributed by atoms with Crippen LogP contribution in [0.5, 0.6) is 5.75 Å². The summed E-state index contributed by atoms with van der Waals surface area (Å²) in [5, 5.41) is 11.1. The van der Waals surface area contributed by atoms with Crippen molar-refractivity contribution in [1.29, 1.82) is 0 Å². The van der Waals surface area contributed by atoms with Gasteiger partial charge in [-0.3, -0.25) is 9.88 Å². The van der Waals surface area contributed by atoms with Gasteiger partial charge >= 0.3 is 0 Å². The summed E-state index contributed by atoms with van der Waals surface area (Å²) < 4.78 is 0. The van der Waals surface area contributed by atoms with Crippen LogP contribution < -0.4 is 4.90 Å². The summed E-state index contributed by atoms with van der Waals surface area (Å²) in [6, 6.07) is 11.6. The van der Waals surface area contributed by atoms with Crippen LogP contribution in [-0.2, 0) is 19.4 Å². The van der Waals surface area contributed by atoms with E-state index in [1.165, 1.54) is 28.7 Å². The van der Waals surface area contributed by atoms with E-state index in [0.29, 0.717) is 5.75 Å². The minimum absolute atomic E-state index is 0.334. The van der Waals surface area contributed by atoms with Crippen LogP contribution in [0.2, 0.25) is 0 Å². The van der Waals surface area contributed by atoms with Gasteiger partial charge in [0, 0.05) is 55.6 Å². The van der Waals surface area contributed by atoms with Gasteiger partial charge in [0.05, 0.1) is 5.39 Å². The highest BCUT2D eigenvalue weighted by atomic mass is 32.1.